The fourth-order valence-corrected chi connectivity index (χ4v) is 0.369. The van der Waals surface area contributed by atoms with Crippen LogP contribution >= 0.6 is 0 Å². The van der Waals surface area contributed by atoms with Crippen molar-refractivity contribution in [1.82, 2.24) is 0 Å². The molecule has 0 aromatic heterocycles. The van der Waals surface area contributed by atoms with Gasteiger partial charge in [-0.3, -0.25) is 0 Å². The third-order valence-corrected chi connectivity index (χ3v) is 1.01. The van der Waals surface area contributed by atoms with Gasteiger partial charge in [0.15, 0.2) is 0 Å². The van der Waals surface area contributed by atoms with Gasteiger partial charge >= 0.3 is 0 Å². The summed E-state index contributed by atoms with van der Waals surface area (Å²) in [6.45, 7) is 0.993. The average Bonchev–Trinajstić information content (AvgIpc) is 1.82. The van der Waals surface area contributed by atoms with E-state index in [0.29, 0.717) is 0 Å². The fraction of sp³-hybridized carbons (Fsp3) is 0.600. The summed E-state index contributed by atoms with van der Waals surface area (Å²) < 4.78 is 0. The van der Waals surface area contributed by atoms with Gasteiger partial charge in [-0.2, -0.15) is 0 Å². The molecule has 0 aliphatic heterocycles. The van der Waals surface area contributed by atoms with Crippen molar-refractivity contribution < 1.29 is 25.1 Å². The molecule has 0 unspecified atom stereocenters. The monoisotopic (exact) mass is 146 g/mol. The first-order valence-electron chi connectivity index (χ1n) is 2.78. The van der Waals surface area contributed by atoms with Gasteiger partial charge in [-0.05, 0) is 6.92 Å². The summed E-state index contributed by atoms with van der Waals surface area (Å²) >= 11 is 0. The first-order chi connectivity index (χ1) is 4.54. The van der Waals surface area contributed by atoms with Crippen molar-refractivity contribution in [2.24, 2.45) is 0 Å². The fourth-order valence-electron chi connectivity index (χ4n) is 0.369. The van der Waals surface area contributed by atoms with Crippen molar-refractivity contribution in [3.63, 3.8) is 0 Å². The van der Waals surface area contributed by atoms with E-state index in [-0.39, 0.29) is 6.54 Å². The van der Waals surface area contributed by atoms with Crippen LogP contribution in [0.25, 0.3) is 0 Å². The lowest BCUT2D eigenvalue weighted by Gasteiger charge is -2.10. The molecule has 0 amide bonds. The Bertz CT molecular complexity index is 145. The molecule has 5 nitrogen and oxygen atoms in total. The second-order valence-corrected chi connectivity index (χ2v) is 1.92. The lowest BCUT2D eigenvalue weighted by atomic mass is 10.3. The van der Waals surface area contributed by atoms with E-state index in [1.54, 1.807) is 0 Å². The van der Waals surface area contributed by atoms with Gasteiger partial charge in [-0.25, -0.2) is 0 Å². The highest BCUT2D eigenvalue weighted by molar-refractivity contribution is 5.69. The Kier molecular flexibility index (Phi) is 3.42. The Morgan fingerprint density at radius 2 is 2.00 bits per heavy atom. The molecule has 0 bridgehead atoms. The molecule has 5 heteroatoms. The molecule has 10 heavy (non-hydrogen) atoms. The zero-order chi connectivity index (χ0) is 8.15. The number of carbonyl (C=O) groups excluding carboxylic acids is 2. The Labute approximate surface area is 57.7 Å². The summed E-state index contributed by atoms with van der Waals surface area (Å²) in [5, 5.41) is 20.8. The minimum atomic E-state index is -1.28. The average molecular weight is 146 g/mol. The van der Waals surface area contributed by atoms with Gasteiger partial charge < -0.3 is 25.1 Å². The van der Waals surface area contributed by atoms with E-state index in [0.717, 1.165) is 5.32 Å². The van der Waals surface area contributed by atoms with Crippen molar-refractivity contribution >= 4 is 11.9 Å². The maximum Gasteiger partial charge on any atom is 0.123 e. The summed E-state index contributed by atoms with van der Waals surface area (Å²) in [7, 11) is 0. The highest BCUT2D eigenvalue weighted by Gasteiger charge is 2.03. The molecule has 0 aliphatic carbocycles. The van der Waals surface area contributed by atoms with Crippen LogP contribution in [0.15, 0.2) is 0 Å². The van der Waals surface area contributed by atoms with E-state index in [1.165, 1.54) is 6.92 Å². The predicted octanol–water partition coefficient (Wildman–Crippen LogP) is -4.56. The maximum absolute atomic E-state index is 9.96. The number of hydrogen-bond donors (Lipinski definition) is 1. The highest BCUT2D eigenvalue weighted by Crippen LogP contribution is 1.63. The van der Waals surface area contributed by atoms with Gasteiger partial charge in [0.1, 0.15) is 12.6 Å². The number of nitrogens with two attached hydrogens (primary N) is 1. The Hall–Kier alpha value is -1.10. The zero-order valence-corrected chi connectivity index (χ0v) is 5.49. The van der Waals surface area contributed by atoms with Crippen molar-refractivity contribution in [3.8, 4) is 0 Å². The first kappa shape index (κ1) is 8.90. The Morgan fingerprint density at radius 1 is 1.50 bits per heavy atom. The largest absolute Gasteiger partial charge is 0.544 e. The third-order valence-electron chi connectivity index (χ3n) is 1.01. The standard InChI is InChI=1S/C5H9NO4/c1-3(5(9)10)6-2-4(7)8/h3,6H,2H2,1H3,(H,7,8)(H,9,10)/p-1/t3-/m1/s1. The van der Waals surface area contributed by atoms with Crippen LogP contribution in [-0.4, -0.2) is 24.5 Å². The molecule has 2 N–H and O–H groups in total. The summed E-state index contributed by atoms with van der Waals surface area (Å²) in [6.07, 6.45) is 0. The van der Waals surface area contributed by atoms with E-state index in [2.05, 4.69) is 0 Å². The number of hydrogen-bond acceptors (Lipinski definition) is 4. The van der Waals surface area contributed by atoms with E-state index < -0.39 is 18.0 Å². The molecule has 0 saturated carbocycles. The summed E-state index contributed by atoms with van der Waals surface area (Å²) in [5.74, 6) is -2.56. The van der Waals surface area contributed by atoms with Gasteiger partial charge in [0.2, 0.25) is 0 Å². The molecule has 0 rings (SSSR count). The maximum atomic E-state index is 9.96. The lowest BCUT2D eigenvalue weighted by Crippen LogP contribution is -2.94. The molecule has 0 aliphatic rings. The van der Waals surface area contributed by atoms with Crippen LogP contribution in [0.2, 0.25) is 0 Å². The second kappa shape index (κ2) is 3.84. The molecule has 58 valence electrons. The van der Waals surface area contributed by atoms with Crippen LogP contribution in [0.5, 0.6) is 0 Å². The number of rotatable bonds is 4. The third kappa shape index (κ3) is 3.85. The molecular formula is C5H8NO4-. The van der Waals surface area contributed by atoms with Gasteiger partial charge in [-0.1, -0.05) is 0 Å². The highest BCUT2D eigenvalue weighted by atomic mass is 16.4. The SMILES string of the molecule is C[C@@H]([NH2+]CC(=O)[O-])C(=O)[O-]. The van der Waals surface area contributed by atoms with E-state index >= 15 is 0 Å². The van der Waals surface area contributed by atoms with Gasteiger partial charge in [0.05, 0.1) is 11.9 Å². The van der Waals surface area contributed by atoms with E-state index in [9.17, 15) is 19.8 Å². The van der Waals surface area contributed by atoms with Crippen molar-refractivity contribution in [1.29, 1.82) is 0 Å². The smallest absolute Gasteiger partial charge is 0.123 e. The predicted molar refractivity (Wildman–Crippen MR) is 26.3 cm³/mol. The normalized spacial score (nSPS) is 12.5. The molecule has 0 spiro atoms. The molecule has 0 radical (unpaired) electrons. The summed E-state index contributed by atoms with van der Waals surface area (Å²) in [5.41, 5.74) is 0. The number of carboxylic acids is 2. The van der Waals surface area contributed by atoms with Crippen LogP contribution in [0.1, 0.15) is 6.92 Å². The van der Waals surface area contributed by atoms with E-state index in [4.69, 9.17) is 0 Å². The minimum Gasteiger partial charge on any atom is -0.544 e. The summed E-state index contributed by atoms with van der Waals surface area (Å²) in [4.78, 5) is 19.7. The molecular weight excluding hydrogens is 138 g/mol. The number of carbonyl (C=O) groups is 2. The van der Waals surface area contributed by atoms with E-state index in [1.807, 2.05) is 0 Å². The second-order valence-electron chi connectivity index (χ2n) is 1.92. The van der Waals surface area contributed by atoms with Crippen LogP contribution in [0.4, 0.5) is 0 Å². The molecule has 0 aromatic rings. The topological polar surface area (TPSA) is 96.9 Å². The molecule has 0 aromatic carbocycles. The Balaban J connectivity index is 3.49. The van der Waals surface area contributed by atoms with Gasteiger partial charge in [0, 0.05) is 0 Å². The van der Waals surface area contributed by atoms with Crippen LogP contribution in [0, 0.1) is 0 Å². The van der Waals surface area contributed by atoms with Crippen LogP contribution < -0.4 is 15.5 Å². The van der Waals surface area contributed by atoms with Crippen molar-refractivity contribution in [3.05, 3.63) is 0 Å². The molecule has 1 atom stereocenters. The quantitative estimate of drug-likeness (QED) is 0.431. The van der Waals surface area contributed by atoms with Crippen molar-refractivity contribution in [2.45, 2.75) is 13.0 Å². The minimum absolute atomic E-state index is 0.352. The number of quaternary nitrogens is 1. The number of aliphatic carboxylic acids is 2. The number of carboxylic acid groups (broad SMARTS) is 2. The first-order valence-corrected chi connectivity index (χ1v) is 2.78. The zero-order valence-electron chi connectivity index (χ0n) is 5.49. The van der Waals surface area contributed by atoms with Crippen LogP contribution in [-0.2, 0) is 9.59 Å². The van der Waals surface area contributed by atoms with Gasteiger partial charge in [0.25, 0.3) is 0 Å². The van der Waals surface area contributed by atoms with Crippen molar-refractivity contribution in [2.75, 3.05) is 6.54 Å². The van der Waals surface area contributed by atoms with Gasteiger partial charge in [-0.15, -0.1) is 0 Å². The van der Waals surface area contributed by atoms with Crippen LogP contribution in [0.3, 0.4) is 0 Å². The molecule has 0 fully saturated rings. The Morgan fingerprint density at radius 3 is 2.30 bits per heavy atom. The lowest BCUT2D eigenvalue weighted by molar-refractivity contribution is -0.675. The molecule has 0 heterocycles. The summed E-state index contributed by atoms with van der Waals surface area (Å²) in [6, 6.07) is -0.835. The molecule has 0 saturated heterocycles.